The number of ether oxygens (including phenoxy) is 1. The van der Waals surface area contributed by atoms with E-state index in [1.165, 1.54) is 19.2 Å². The molecule has 0 bridgehead atoms. The van der Waals surface area contributed by atoms with Crippen LogP contribution in [0.1, 0.15) is 6.42 Å². The SMILES string of the molecule is COc1cc(F)ccc1-c1c(-c2ccccc2)ncn1CCC(N)=O. The summed E-state index contributed by atoms with van der Waals surface area (Å²) in [6.07, 6.45) is 1.84. The summed E-state index contributed by atoms with van der Waals surface area (Å²) >= 11 is 0. The average Bonchev–Trinajstić information content (AvgIpc) is 3.04. The van der Waals surface area contributed by atoms with Gasteiger partial charge >= 0.3 is 0 Å². The molecule has 0 radical (unpaired) electrons. The van der Waals surface area contributed by atoms with Gasteiger partial charge in [0.05, 0.1) is 24.8 Å². The fraction of sp³-hybridized carbons (Fsp3) is 0.158. The Labute approximate surface area is 144 Å². The summed E-state index contributed by atoms with van der Waals surface area (Å²) in [5, 5.41) is 0. The first-order chi connectivity index (χ1) is 12.1. The topological polar surface area (TPSA) is 70.1 Å². The molecule has 25 heavy (non-hydrogen) atoms. The largest absolute Gasteiger partial charge is 0.496 e. The van der Waals surface area contributed by atoms with E-state index < -0.39 is 5.91 Å². The molecule has 0 unspecified atom stereocenters. The number of nitrogens with zero attached hydrogens (tertiary/aromatic N) is 2. The number of hydrogen-bond donors (Lipinski definition) is 1. The van der Waals surface area contributed by atoms with Gasteiger partial charge in [-0.1, -0.05) is 30.3 Å². The van der Waals surface area contributed by atoms with Gasteiger partial charge in [0.25, 0.3) is 0 Å². The first-order valence-electron chi connectivity index (χ1n) is 7.83. The zero-order chi connectivity index (χ0) is 17.8. The Kier molecular flexibility index (Phi) is 4.79. The number of benzene rings is 2. The van der Waals surface area contributed by atoms with Crippen molar-refractivity contribution in [3.8, 4) is 28.3 Å². The third-order valence-electron chi connectivity index (χ3n) is 3.90. The number of imidazole rings is 1. The number of aryl methyl sites for hydroxylation is 1. The highest BCUT2D eigenvalue weighted by molar-refractivity contribution is 5.82. The number of aromatic nitrogens is 2. The van der Waals surface area contributed by atoms with Gasteiger partial charge < -0.3 is 15.0 Å². The molecule has 6 heteroatoms. The highest BCUT2D eigenvalue weighted by Crippen LogP contribution is 2.37. The van der Waals surface area contributed by atoms with Gasteiger partial charge in [-0.15, -0.1) is 0 Å². The molecule has 0 spiro atoms. The van der Waals surface area contributed by atoms with Crippen molar-refractivity contribution in [2.75, 3.05) is 7.11 Å². The van der Waals surface area contributed by atoms with E-state index in [4.69, 9.17) is 10.5 Å². The molecule has 2 N–H and O–H groups in total. The van der Waals surface area contributed by atoms with Crippen LogP contribution in [0.3, 0.4) is 0 Å². The normalized spacial score (nSPS) is 10.6. The summed E-state index contributed by atoms with van der Waals surface area (Å²) in [7, 11) is 1.49. The molecule has 0 saturated heterocycles. The molecule has 1 aromatic heterocycles. The van der Waals surface area contributed by atoms with Crippen molar-refractivity contribution in [2.45, 2.75) is 13.0 Å². The van der Waals surface area contributed by atoms with Crippen LogP contribution < -0.4 is 10.5 Å². The predicted octanol–water partition coefficient (Wildman–Crippen LogP) is 3.24. The lowest BCUT2D eigenvalue weighted by Gasteiger charge is -2.13. The van der Waals surface area contributed by atoms with Gasteiger partial charge in [0.1, 0.15) is 11.6 Å². The maximum Gasteiger partial charge on any atom is 0.219 e. The number of nitrogens with two attached hydrogens (primary N) is 1. The van der Waals surface area contributed by atoms with Crippen LogP contribution in [-0.2, 0) is 11.3 Å². The fourth-order valence-corrected chi connectivity index (χ4v) is 2.73. The van der Waals surface area contributed by atoms with E-state index in [1.807, 2.05) is 34.9 Å². The molecule has 2 aromatic carbocycles. The number of halogens is 1. The van der Waals surface area contributed by atoms with Crippen molar-refractivity contribution in [2.24, 2.45) is 5.73 Å². The van der Waals surface area contributed by atoms with Crippen molar-refractivity contribution < 1.29 is 13.9 Å². The van der Waals surface area contributed by atoms with Gasteiger partial charge in [-0.3, -0.25) is 4.79 Å². The van der Waals surface area contributed by atoms with Crippen molar-refractivity contribution in [1.29, 1.82) is 0 Å². The van der Waals surface area contributed by atoms with Crippen LogP contribution in [0.4, 0.5) is 4.39 Å². The number of carbonyl (C=O) groups excluding carboxylic acids is 1. The maximum atomic E-state index is 13.6. The van der Waals surface area contributed by atoms with Crippen LogP contribution in [0.25, 0.3) is 22.5 Å². The number of methoxy groups -OCH3 is 1. The van der Waals surface area contributed by atoms with Gasteiger partial charge in [-0.25, -0.2) is 9.37 Å². The van der Waals surface area contributed by atoms with Crippen LogP contribution in [0.15, 0.2) is 54.9 Å². The average molecular weight is 339 g/mol. The van der Waals surface area contributed by atoms with E-state index in [0.29, 0.717) is 17.9 Å². The van der Waals surface area contributed by atoms with Gasteiger partial charge in [0, 0.05) is 30.2 Å². The first kappa shape index (κ1) is 16.7. The van der Waals surface area contributed by atoms with Crippen molar-refractivity contribution in [3.63, 3.8) is 0 Å². The Morgan fingerprint density at radius 2 is 2.00 bits per heavy atom. The Morgan fingerprint density at radius 3 is 2.68 bits per heavy atom. The van der Waals surface area contributed by atoms with Crippen molar-refractivity contribution in [1.82, 2.24) is 9.55 Å². The van der Waals surface area contributed by atoms with E-state index in [1.54, 1.807) is 12.4 Å². The first-order valence-corrected chi connectivity index (χ1v) is 7.83. The molecule has 1 amide bonds. The molecule has 128 valence electrons. The standard InChI is InChI=1S/C19H18FN3O2/c1-25-16-11-14(20)7-8-15(16)19-18(13-5-3-2-4-6-13)22-12-23(19)10-9-17(21)24/h2-8,11-12H,9-10H2,1H3,(H2,21,24). The lowest BCUT2D eigenvalue weighted by Crippen LogP contribution is -2.14. The third-order valence-corrected chi connectivity index (χ3v) is 3.90. The van der Waals surface area contributed by atoms with Crippen LogP contribution in [0, 0.1) is 5.82 Å². The molecule has 3 rings (SSSR count). The Bertz CT molecular complexity index is 891. The number of hydrogen-bond acceptors (Lipinski definition) is 3. The number of primary amides is 1. The second-order valence-electron chi connectivity index (χ2n) is 5.56. The second-order valence-corrected chi connectivity index (χ2v) is 5.56. The highest BCUT2D eigenvalue weighted by atomic mass is 19.1. The quantitative estimate of drug-likeness (QED) is 0.749. The molecular formula is C19H18FN3O2. The van der Waals surface area contributed by atoms with E-state index in [9.17, 15) is 9.18 Å². The van der Waals surface area contributed by atoms with E-state index in [0.717, 1.165) is 17.0 Å². The summed E-state index contributed by atoms with van der Waals surface area (Å²) in [6, 6.07) is 14.0. The van der Waals surface area contributed by atoms with Crippen LogP contribution in [0.2, 0.25) is 0 Å². The summed E-state index contributed by atoms with van der Waals surface area (Å²) in [6.45, 7) is 0.380. The monoisotopic (exact) mass is 339 g/mol. The van der Waals surface area contributed by atoms with Gasteiger partial charge in [0.15, 0.2) is 0 Å². The van der Waals surface area contributed by atoms with Crippen molar-refractivity contribution >= 4 is 5.91 Å². The lowest BCUT2D eigenvalue weighted by atomic mass is 10.0. The molecule has 0 aliphatic rings. The zero-order valence-electron chi connectivity index (χ0n) is 13.8. The lowest BCUT2D eigenvalue weighted by molar-refractivity contribution is -0.118. The molecule has 3 aromatic rings. The Balaban J connectivity index is 2.18. The third kappa shape index (κ3) is 3.52. The van der Waals surface area contributed by atoms with Gasteiger partial charge in [0.2, 0.25) is 5.91 Å². The van der Waals surface area contributed by atoms with Crippen molar-refractivity contribution in [3.05, 3.63) is 60.7 Å². The summed E-state index contributed by atoms with van der Waals surface area (Å²) in [5.74, 6) is -0.380. The minimum absolute atomic E-state index is 0.182. The molecule has 0 aliphatic carbocycles. The summed E-state index contributed by atoms with van der Waals surface area (Å²) in [5.41, 5.74) is 8.38. The number of amides is 1. The fourth-order valence-electron chi connectivity index (χ4n) is 2.73. The van der Waals surface area contributed by atoms with Crippen LogP contribution in [-0.4, -0.2) is 22.6 Å². The molecular weight excluding hydrogens is 321 g/mol. The van der Waals surface area contributed by atoms with Crippen LogP contribution in [0.5, 0.6) is 5.75 Å². The Morgan fingerprint density at radius 1 is 1.24 bits per heavy atom. The molecule has 0 atom stereocenters. The van der Waals surface area contributed by atoms with E-state index in [2.05, 4.69) is 4.98 Å². The minimum Gasteiger partial charge on any atom is -0.496 e. The molecule has 0 fully saturated rings. The van der Waals surface area contributed by atoms with Crippen LogP contribution >= 0.6 is 0 Å². The smallest absolute Gasteiger partial charge is 0.219 e. The molecule has 1 heterocycles. The molecule has 5 nitrogen and oxygen atoms in total. The number of carbonyl (C=O) groups is 1. The molecule has 0 saturated carbocycles. The Hall–Kier alpha value is -3.15. The zero-order valence-corrected chi connectivity index (χ0v) is 13.8. The minimum atomic E-state index is -0.396. The van der Waals surface area contributed by atoms with E-state index in [-0.39, 0.29) is 12.2 Å². The summed E-state index contributed by atoms with van der Waals surface area (Å²) in [4.78, 5) is 15.7. The number of rotatable bonds is 6. The predicted molar refractivity (Wildman–Crippen MR) is 93.4 cm³/mol. The molecule has 0 aliphatic heterocycles. The maximum absolute atomic E-state index is 13.6. The van der Waals surface area contributed by atoms with Gasteiger partial charge in [-0.05, 0) is 12.1 Å². The van der Waals surface area contributed by atoms with E-state index >= 15 is 0 Å². The second kappa shape index (κ2) is 7.17. The highest BCUT2D eigenvalue weighted by Gasteiger charge is 2.19. The summed E-state index contributed by atoms with van der Waals surface area (Å²) < 4.78 is 20.8. The van der Waals surface area contributed by atoms with Gasteiger partial charge in [-0.2, -0.15) is 0 Å².